The molecular formula is C18H27Cl2N3O4. The number of benzene rings is 1. The normalized spacial score (nSPS) is 12.9. The first kappa shape index (κ1) is 23.5. The van der Waals surface area contributed by atoms with Crippen LogP contribution in [-0.4, -0.2) is 67.1 Å². The van der Waals surface area contributed by atoms with E-state index in [1.807, 2.05) is 24.3 Å². The number of ether oxygens (including phenoxy) is 1. The Hall–Kier alpha value is -1.54. The molecule has 7 nitrogen and oxygen atoms in total. The van der Waals surface area contributed by atoms with Gasteiger partial charge in [0.2, 0.25) is 5.91 Å². The number of anilines is 1. The molecule has 0 spiro atoms. The van der Waals surface area contributed by atoms with Gasteiger partial charge in [-0.15, -0.1) is 23.2 Å². The smallest absolute Gasteiger partial charge is 0.328 e. The van der Waals surface area contributed by atoms with Gasteiger partial charge in [0.1, 0.15) is 12.1 Å². The van der Waals surface area contributed by atoms with Gasteiger partial charge in [0.15, 0.2) is 0 Å². The summed E-state index contributed by atoms with van der Waals surface area (Å²) in [6, 6.07) is 5.59. The number of aliphatic hydroxyl groups excluding tert-OH is 1. The predicted octanol–water partition coefficient (Wildman–Crippen LogP) is 0.881. The van der Waals surface area contributed by atoms with Crippen molar-refractivity contribution in [3.8, 4) is 0 Å². The fraction of sp³-hybridized carbons (Fsp3) is 0.556. The predicted molar refractivity (Wildman–Crippen MR) is 107 cm³/mol. The van der Waals surface area contributed by atoms with Crippen LogP contribution in [0, 0.1) is 0 Å². The van der Waals surface area contributed by atoms with Crippen molar-refractivity contribution < 1.29 is 19.4 Å². The van der Waals surface area contributed by atoms with Crippen LogP contribution in [0.15, 0.2) is 24.3 Å². The molecule has 0 saturated heterocycles. The number of alkyl halides is 2. The van der Waals surface area contributed by atoms with E-state index in [4.69, 9.17) is 38.8 Å². The second-order valence-electron chi connectivity index (χ2n) is 5.84. The average Bonchev–Trinajstić information content (AvgIpc) is 2.67. The van der Waals surface area contributed by atoms with E-state index in [0.717, 1.165) is 11.3 Å². The molecule has 0 saturated carbocycles. The fourth-order valence-corrected chi connectivity index (χ4v) is 2.86. The number of carbonyl (C=O) groups is 2. The fourth-order valence-electron chi connectivity index (χ4n) is 2.45. The summed E-state index contributed by atoms with van der Waals surface area (Å²) in [6.07, 6.45) is 0.244. The van der Waals surface area contributed by atoms with Crippen molar-refractivity contribution in [2.45, 2.75) is 25.4 Å². The van der Waals surface area contributed by atoms with Gasteiger partial charge in [0.05, 0.1) is 13.2 Å². The van der Waals surface area contributed by atoms with Crippen molar-refractivity contribution in [1.82, 2.24) is 5.32 Å². The lowest BCUT2D eigenvalue weighted by Crippen LogP contribution is -2.51. The minimum Gasteiger partial charge on any atom is -0.464 e. The molecule has 0 heterocycles. The van der Waals surface area contributed by atoms with Crippen molar-refractivity contribution in [2.75, 3.05) is 43.0 Å². The summed E-state index contributed by atoms with van der Waals surface area (Å²) < 4.78 is 5.02. The van der Waals surface area contributed by atoms with Crippen LogP contribution in [0.1, 0.15) is 12.5 Å². The summed E-state index contributed by atoms with van der Waals surface area (Å²) in [6.45, 7) is 2.73. The van der Waals surface area contributed by atoms with E-state index >= 15 is 0 Å². The number of carbonyl (C=O) groups excluding carboxylic acids is 2. The van der Waals surface area contributed by atoms with Gasteiger partial charge in [0, 0.05) is 37.0 Å². The third-order valence-corrected chi connectivity index (χ3v) is 4.21. The quantitative estimate of drug-likeness (QED) is 0.343. The Morgan fingerprint density at radius 2 is 1.81 bits per heavy atom. The molecule has 1 aromatic rings. The first-order chi connectivity index (χ1) is 13.0. The highest BCUT2D eigenvalue weighted by Crippen LogP contribution is 2.17. The molecule has 0 unspecified atom stereocenters. The molecule has 1 rings (SSSR count). The van der Waals surface area contributed by atoms with E-state index in [1.54, 1.807) is 6.92 Å². The largest absolute Gasteiger partial charge is 0.464 e. The zero-order valence-electron chi connectivity index (χ0n) is 15.4. The first-order valence-corrected chi connectivity index (χ1v) is 9.82. The lowest BCUT2D eigenvalue weighted by molar-refractivity contribution is -0.147. The second-order valence-corrected chi connectivity index (χ2v) is 6.59. The monoisotopic (exact) mass is 419 g/mol. The highest BCUT2D eigenvalue weighted by molar-refractivity contribution is 6.18. The molecule has 0 radical (unpaired) electrons. The van der Waals surface area contributed by atoms with Crippen LogP contribution in [0.25, 0.3) is 0 Å². The molecule has 2 atom stereocenters. The Kier molecular flexibility index (Phi) is 11.1. The summed E-state index contributed by atoms with van der Waals surface area (Å²) in [7, 11) is 0. The van der Waals surface area contributed by atoms with Gasteiger partial charge in [-0.1, -0.05) is 12.1 Å². The highest BCUT2D eigenvalue weighted by Gasteiger charge is 2.25. The van der Waals surface area contributed by atoms with Crippen molar-refractivity contribution >= 4 is 40.8 Å². The average molecular weight is 420 g/mol. The van der Waals surface area contributed by atoms with Crippen LogP contribution in [0.3, 0.4) is 0 Å². The minimum atomic E-state index is -1.09. The summed E-state index contributed by atoms with van der Waals surface area (Å²) >= 11 is 11.7. The molecule has 0 aromatic heterocycles. The molecule has 9 heteroatoms. The summed E-state index contributed by atoms with van der Waals surface area (Å²) in [5.74, 6) is -0.185. The van der Waals surface area contributed by atoms with Gasteiger partial charge in [-0.3, -0.25) is 4.79 Å². The Morgan fingerprint density at radius 3 is 2.30 bits per heavy atom. The van der Waals surface area contributed by atoms with E-state index in [2.05, 4.69) is 10.2 Å². The molecule has 0 fully saturated rings. The molecule has 0 aliphatic carbocycles. The number of rotatable bonds is 12. The lowest BCUT2D eigenvalue weighted by Gasteiger charge is -2.23. The van der Waals surface area contributed by atoms with Crippen molar-refractivity contribution in [1.29, 1.82) is 0 Å². The molecule has 4 N–H and O–H groups in total. The van der Waals surface area contributed by atoms with Gasteiger partial charge in [0.25, 0.3) is 0 Å². The Bertz CT molecular complexity index is 580. The topological polar surface area (TPSA) is 105 Å². The molecule has 0 aliphatic heterocycles. The van der Waals surface area contributed by atoms with E-state index < -0.39 is 30.6 Å². The second kappa shape index (κ2) is 12.8. The number of nitrogens with one attached hydrogen (secondary N) is 1. The van der Waals surface area contributed by atoms with Crippen molar-refractivity contribution in [3.63, 3.8) is 0 Å². The maximum Gasteiger partial charge on any atom is 0.328 e. The summed E-state index contributed by atoms with van der Waals surface area (Å²) in [5.41, 5.74) is 7.31. The van der Waals surface area contributed by atoms with E-state index in [0.29, 0.717) is 24.8 Å². The molecule has 1 aromatic carbocycles. The zero-order valence-corrected chi connectivity index (χ0v) is 16.9. The van der Waals surface area contributed by atoms with Gasteiger partial charge < -0.3 is 25.8 Å². The van der Waals surface area contributed by atoms with Crippen molar-refractivity contribution in [2.24, 2.45) is 5.73 Å². The molecule has 27 heavy (non-hydrogen) atoms. The molecule has 1 amide bonds. The van der Waals surface area contributed by atoms with Crippen LogP contribution in [0.5, 0.6) is 0 Å². The molecule has 152 valence electrons. The van der Waals surface area contributed by atoms with Crippen LogP contribution in [-0.2, 0) is 20.7 Å². The zero-order chi connectivity index (χ0) is 20.2. The SMILES string of the molecule is CCOC(=O)[C@H](Cc1ccc(N(CCCl)CCCl)cc1)NC(=O)[C@@H](N)CO. The van der Waals surface area contributed by atoms with Gasteiger partial charge >= 0.3 is 5.97 Å². The maximum absolute atomic E-state index is 12.2. The number of hydrogen-bond acceptors (Lipinski definition) is 6. The summed E-state index contributed by atoms with van der Waals surface area (Å²) in [4.78, 5) is 26.2. The van der Waals surface area contributed by atoms with Crippen LogP contribution in [0.2, 0.25) is 0 Å². The number of nitrogens with zero attached hydrogens (tertiary/aromatic N) is 1. The Balaban J connectivity index is 2.87. The minimum absolute atomic E-state index is 0.196. The number of halogens is 2. The third-order valence-electron chi connectivity index (χ3n) is 3.87. The van der Waals surface area contributed by atoms with Gasteiger partial charge in [-0.2, -0.15) is 0 Å². The maximum atomic E-state index is 12.2. The Morgan fingerprint density at radius 1 is 1.22 bits per heavy atom. The molecule has 0 bridgehead atoms. The van der Waals surface area contributed by atoms with Crippen LogP contribution in [0.4, 0.5) is 5.69 Å². The highest BCUT2D eigenvalue weighted by atomic mass is 35.5. The van der Waals surface area contributed by atoms with Crippen LogP contribution < -0.4 is 16.0 Å². The molecular weight excluding hydrogens is 393 g/mol. The van der Waals surface area contributed by atoms with E-state index in [-0.39, 0.29) is 13.0 Å². The van der Waals surface area contributed by atoms with E-state index in [9.17, 15) is 9.59 Å². The standard InChI is InChI=1S/C18H27Cl2N3O4/c1-2-27-18(26)16(22-17(25)15(21)12-24)11-13-3-5-14(6-4-13)23(9-7-19)10-8-20/h3-6,15-16,24H,2,7-12,21H2,1H3,(H,22,25)/t15-,16-/m0/s1. The molecule has 0 aliphatic rings. The number of aliphatic hydroxyl groups is 1. The van der Waals surface area contributed by atoms with E-state index in [1.165, 1.54) is 0 Å². The Labute approximate surface area is 169 Å². The summed E-state index contributed by atoms with van der Waals surface area (Å²) in [5, 5.41) is 11.5. The number of hydrogen-bond donors (Lipinski definition) is 3. The van der Waals surface area contributed by atoms with Gasteiger partial charge in [-0.05, 0) is 24.6 Å². The first-order valence-electron chi connectivity index (χ1n) is 8.76. The third kappa shape index (κ3) is 7.92. The van der Waals surface area contributed by atoms with Crippen molar-refractivity contribution in [3.05, 3.63) is 29.8 Å². The number of amides is 1. The van der Waals surface area contributed by atoms with Gasteiger partial charge in [-0.25, -0.2) is 4.79 Å². The number of esters is 1. The lowest BCUT2D eigenvalue weighted by atomic mass is 10.0. The number of nitrogens with two attached hydrogens (primary N) is 1. The van der Waals surface area contributed by atoms with Crippen LogP contribution >= 0.6 is 23.2 Å².